The summed E-state index contributed by atoms with van der Waals surface area (Å²) in [5.41, 5.74) is -0.228. The number of aromatic nitrogens is 2. The Bertz CT molecular complexity index is 2020. The van der Waals surface area contributed by atoms with E-state index in [1.807, 2.05) is 0 Å². The standard InChI is InChI=1S/C46H65F2N7O9/c1-28(2)21-33(37(56)46(47,48)26-50-41(60)36(29(3)4)40(59)49-24-31-19-15-12-16-20-31)52-39(58)35(23-32-25-55(27-51-32)43(62)64-45(8,9)10)53-38(57)34(22-30-17-13-11-14-18-30)54-42(61)63-44(5,6)7/h11-20,25,27-29,33-37,56H,21-24,26H2,1-10H3,(H,49,59)(H,50,60)(H,52,58)(H,53,57)(H,54,61)/t33?,34-,35-,36?,37?/m0/s1. The van der Waals surface area contributed by atoms with E-state index in [1.54, 1.807) is 130 Å². The molecule has 18 heteroatoms. The van der Waals surface area contributed by atoms with E-state index in [9.17, 15) is 33.9 Å². The molecule has 6 N–H and O–H groups in total. The van der Waals surface area contributed by atoms with Gasteiger partial charge < -0.3 is 41.2 Å². The maximum absolute atomic E-state index is 16.0. The van der Waals surface area contributed by atoms with Gasteiger partial charge in [-0.15, -0.1) is 0 Å². The van der Waals surface area contributed by atoms with Crippen molar-refractivity contribution in [2.24, 2.45) is 17.8 Å². The van der Waals surface area contributed by atoms with E-state index in [0.29, 0.717) is 5.56 Å². The number of carbonyl (C=O) groups excluding carboxylic acids is 6. The Morgan fingerprint density at radius 2 is 1.23 bits per heavy atom. The lowest BCUT2D eigenvalue weighted by molar-refractivity contribution is -0.145. The fourth-order valence-corrected chi connectivity index (χ4v) is 6.47. The molecule has 3 aromatic rings. The number of aliphatic hydroxyl groups excluding tert-OH is 1. The van der Waals surface area contributed by atoms with Gasteiger partial charge in [0, 0.05) is 25.6 Å². The summed E-state index contributed by atoms with van der Waals surface area (Å²) in [6, 6.07) is 13.1. The molecule has 352 valence electrons. The van der Waals surface area contributed by atoms with Gasteiger partial charge in [-0.05, 0) is 70.9 Å². The third-order valence-corrected chi connectivity index (χ3v) is 9.48. The summed E-state index contributed by atoms with van der Waals surface area (Å²) in [5.74, 6) is -9.78. The van der Waals surface area contributed by atoms with E-state index >= 15 is 8.78 Å². The maximum Gasteiger partial charge on any atom is 0.419 e. The smallest absolute Gasteiger partial charge is 0.419 e. The first-order valence-electron chi connectivity index (χ1n) is 21.3. The predicted molar refractivity (Wildman–Crippen MR) is 235 cm³/mol. The molecule has 16 nitrogen and oxygen atoms in total. The number of hydrogen-bond donors (Lipinski definition) is 6. The van der Waals surface area contributed by atoms with Crippen LogP contribution in [0, 0.1) is 17.8 Å². The molecule has 2 aromatic carbocycles. The number of rotatable bonds is 20. The molecular weight excluding hydrogens is 833 g/mol. The van der Waals surface area contributed by atoms with Crippen LogP contribution in [-0.2, 0) is 48.0 Å². The number of alkyl carbamates (subject to hydrolysis) is 1. The van der Waals surface area contributed by atoms with E-state index < -0.39 is 95.5 Å². The monoisotopic (exact) mass is 897 g/mol. The molecule has 0 spiro atoms. The van der Waals surface area contributed by atoms with Crippen LogP contribution in [0.5, 0.6) is 0 Å². The molecular formula is C46H65F2N7O9. The Morgan fingerprint density at radius 1 is 0.703 bits per heavy atom. The highest BCUT2D eigenvalue weighted by molar-refractivity contribution is 6.00. The van der Waals surface area contributed by atoms with Crippen LogP contribution in [0.15, 0.2) is 73.2 Å². The van der Waals surface area contributed by atoms with Crippen molar-refractivity contribution in [2.45, 2.75) is 136 Å². The molecule has 0 aliphatic heterocycles. The van der Waals surface area contributed by atoms with Gasteiger partial charge in [0.2, 0.25) is 23.6 Å². The van der Waals surface area contributed by atoms with E-state index in [1.165, 1.54) is 6.20 Å². The normalized spacial score (nSPS) is 14.4. The number of amides is 5. The van der Waals surface area contributed by atoms with E-state index in [4.69, 9.17) is 9.47 Å². The van der Waals surface area contributed by atoms with Crippen LogP contribution in [0.3, 0.4) is 0 Å². The second-order valence-electron chi connectivity index (χ2n) is 18.5. The molecule has 5 atom stereocenters. The topological polar surface area (TPSA) is 219 Å². The lowest BCUT2D eigenvalue weighted by Gasteiger charge is -2.33. The number of hydrogen-bond acceptors (Lipinski definition) is 10. The Kier molecular flexibility index (Phi) is 19.0. The summed E-state index contributed by atoms with van der Waals surface area (Å²) in [6.07, 6.45) is -2.40. The average Bonchev–Trinajstić information content (AvgIpc) is 3.66. The number of aliphatic hydroxyl groups is 1. The van der Waals surface area contributed by atoms with Gasteiger partial charge in [-0.2, -0.15) is 0 Å². The third-order valence-electron chi connectivity index (χ3n) is 9.48. The van der Waals surface area contributed by atoms with Gasteiger partial charge in [-0.25, -0.2) is 27.9 Å². The number of alkyl halides is 2. The number of carbonyl (C=O) groups is 6. The van der Waals surface area contributed by atoms with Gasteiger partial charge in [0.15, 0.2) is 0 Å². The zero-order chi connectivity index (χ0) is 48.0. The second kappa shape index (κ2) is 23.1. The molecule has 0 radical (unpaired) electrons. The molecule has 5 amide bonds. The quantitative estimate of drug-likeness (QED) is 0.0829. The average molecular weight is 898 g/mol. The van der Waals surface area contributed by atoms with Gasteiger partial charge >= 0.3 is 12.2 Å². The van der Waals surface area contributed by atoms with E-state index in [-0.39, 0.29) is 37.4 Å². The van der Waals surface area contributed by atoms with Crippen molar-refractivity contribution < 1.29 is 52.1 Å². The highest BCUT2D eigenvalue weighted by atomic mass is 19.3. The van der Waals surface area contributed by atoms with Crippen molar-refractivity contribution in [1.29, 1.82) is 0 Å². The Morgan fingerprint density at radius 3 is 1.78 bits per heavy atom. The summed E-state index contributed by atoms with van der Waals surface area (Å²) >= 11 is 0. The van der Waals surface area contributed by atoms with Gasteiger partial charge in [0.05, 0.1) is 18.3 Å². The van der Waals surface area contributed by atoms with Crippen molar-refractivity contribution in [2.75, 3.05) is 6.54 Å². The zero-order valence-electron chi connectivity index (χ0n) is 38.4. The summed E-state index contributed by atoms with van der Waals surface area (Å²) in [7, 11) is 0. The first kappa shape index (κ1) is 52.4. The Hall–Kier alpha value is -5.91. The number of benzene rings is 2. The van der Waals surface area contributed by atoms with Crippen LogP contribution in [0.1, 0.15) is 92.5 Å². The number of nitrogens with zero attached hydrogens (tertiary/aromatic N) is 2. The first-order valence-corrected chi connectivity index (χ1v) is 21.3. The fraction of sp³-hybridized carbons (Fsp3) is 0.543. The summed E-state index contributed by atoms with van der Waals surface area (Å²) in [4.78, 5) is 84.6. The molecule has 0 aliphatic carbocycles. The first-order chi connectivity index (χ1) is 29.7. The van der Waals surface area contributed by atoms with Crippen LogP contribution in [0.4, 0.5) is 18.4 Å². The van der Waals surface area contributed by atoms with E-state index in [2.05, 4.69) is 31.6 Å². The fourth-order valence-electron chi connectivity index (χ4n) is 6.47. The molecule has 3 rings (SSSR count). The van der Waals surface area contributed by atoms with Crippen LogP contribution < -0.4 is 26.6 Å². The molecule has 0 saturated carbocycles. The molecule has 0 fully saturated rings. The highest BCUT2D eigenvalue weighted by Crippen LogP contribution is 2.25. The van der Waals surface area contributed by atoms with Crippen LogP contribution in [0.2, 0.25) is 0 Å². The van der Waals surface area contributed by atoms with Crippen LogP contribution >= 0.6 is 0 Å². The number of ether oxygens (including phenoxy) is 2. The van der Waals surface area contributed by atoms with Gasteiger partial charge in [-0.3, -0.25) is 19.2 Å². The molecule has 64 heavy (non-hydrogen) atoms. The van der Waals surface area contributed by atoms with Gasteiger partial charge in [-0.1, -0.05) is 88.4 Å². The Labute approximate surface area is 374 Å². The number of nitrogens with one attached hydrogen (secondary N) is 5. The molecule has 0 bridgehead atoms. The van der Waals surface area contributed by atoms with Crippen LogP contribution in [-0.4, -0.2) is 98.4 Å². The SMILES string of the molecule is CC(C)CC(NC(=O)[C@H](Cc1cn(C(=O)OC(C)(C)C)cn1)NC(=O)[C@H](Cc1ccccc1)NC(=O)OC(C)(C)C)C(O)C(F)(F)CNC(=O)C(C(=O)NCc1ccccc1)C(C)C. The summed E-state index contributed by atoms with van der Waals surface area (Å²) < 4.78 is 43.8. The zero-order valence-corrected chi connectivity index (χ0v) is 38.4. The van der Waals surface area contributed by atoms with E-state index in [0.717, 1.165) is 16.5 Å². The molecule has 0 saturated heterocycles. The van der Waals surface area contributed by atoms with Crippen LogP contribution in [0.25, 0.3) is 0 Å². The predicted octanol–water partition coefficient (Wildman–Crippen LogP) is 5.06. The molecule has 1 heterocycles. The van der Waals surface area contributed by atoms with Crippen molar-refractivity contribution in [3.63, 3.8) is 0 Å². The van der Waals surface area contributed by atoms with Crippen molar-refractivity contribution in [3.8, 4) is 0 Å². The van der Waals surface area contributed by atoms with Crippen molar-refractivity contribution in [3.05, 3.63) is 90.0 Å². The third kappa shape index (κ3) is 17.7. The van der Waals surface area contributed by atoms with Gasteiger partial charge in [0.25, 0.3) is 5.92 Å². The lowest BCUT2D eigenvalue weighted by atomic mass is 9.92. The highest BCUT2D eigenvalue weighted by Gasteiger charge is 2.45. The Balaban J connectivity index is 1.90. The minimum Gasteiger partial charge on any atom is -0.444 e. The number of halogens is 2. The molecule has 1 aromatic heterocycles. The molecule has 3 unspecified atom stereocenters. The minimum absolute atomic E-state index is 0.0352. The molecule has 0 aliphatic rings. The number of imidazole rings is 1. The van der Waals surface area contributed by atoms with Crippen molar-refractivity contribution >= 4 is 35.8 Å². The van der Waals surface area contributed by atoms with Crippen molar-refractivity contribution in [1.82, 2.24) is 36.1 Å². The second-order valence-corrected chi connectivity index (χ2v) is 18.5. The lowest BCUT2D eigenvalue weighted by Crippen LogP contribution is -2.60. The van der Waals surface area contributed by atoms with Gasteiger partial charge in [0.1, 0.15) is 41.6 Å². The summed E-state index contributed by atoms with van der Waals surface area (Å²) in [5, 5.41) is 23.7. The maximum atomic E-state index is 16.0. The summed E-state index contributed by atoms with van der Waals surface area (Å²) in [6.45, 7) is 15.3. The largest absolute Gasteiger partial charge is 0.444 e. The minimum atomic E-state index is -4.03.